The molecule has 0 spiro atoms. The zero-order chi connectivity index (χ0) is 28.5. The van der Waals surface area contributed by atoms with Gasteiger partial charge in [0.1, 0.15) is 11.5 Å². The Kier molecular flexibility index (Phi) is 7.83. The molecule has 1 aromatic heterocycles. The number of aromatic nitrogens is 2. The van der Waals surface area contributed by atoms with Crippen molar-refractivity contribution >= 4 is 21.4 Å². The van der Waals surface area contributed by atoms with Gasteiger partial charge in [-0.25, -0.2) is 12.8 Å². The Bertz CT molecular complexity index is 1510. The molecule has 2 aromatic carbocycles. The molecule has 0 unspecified atom stereocenters. The van der Waals surface area contributed by atoms with E-state index in [0.717, 1.165) is 17.5 Å². The highest BCUT2D eigenvalue weighted by Crippen LogP contribution is 2.49. The summed E-state index contributed by atoms with van der Waals surface area (Å²) in [6, 6.07) is 11.0. The average Bonchev–Trinajstić information content (AvgIpc) is 3.68. The number of nitrogen functional groups attached to an aromatic ring is 1. The number of hydrogen-bond donors (Lipinski definition) is 1. The van der Waals surface area contributed by atoms with Crippen molar-refractivity contribution < 1.29 is 21.9 Å². The minimum Gasteiger partial charge on any atom is -0.486 e. The second-order valence-corrected chi connectivity index (χ2v) is 12.6. The van der Waals surface area contributed by atoms with Crippen LogP contribution in [0.2, 0.25) is 0 Å². The van der Waals surface area contributed by atoms with Gasteiger partial charge in [0.2, 0.25) is 15.8 Å². The molecule has 1 aliphatic heterocycles. The highest BCUT2D eigenvalue weighted by Gasteiger charge is 2.43. The van der Waals surface area contributed by atoms with Crippen LogP contribution in [0, 0.1) is 18.2 Å². The normalized spacial score (nSPS) is 17.1. The number of halogens is 2. The molecule has 1 aliphatic carbocycles. The van der Waals surface area contributed by atoms with Gasteiger partial charge >= 0.3 is 5.56 Å². The molecule has 0 radical (unpaired) electrons. The second kappa shape index (κ2) is 11.2. The third kappa shape index (κ3) is 6.12. The summed E-state index contributed by atoms with van der Waals surface area (Å²) in [5.41, 5.74) is 7.39. The lowest BCUT2D eigenvalue weighted by molar-refractivity contribution is 0.209. The Morgan fingerprint density at radius 1 is 1.07 bits per heavy atom. The first-order valence-electron chi connectivity index (χ1n) is 13.3. The summed E-state index contributed by atoms with van der Waals surface area (Å²) >= 11 is 0. The van der Waals surface area contributed by atoms with E-state index in [2.05, 4.69) is 5.10 Å². The molecule has 0 amide bonds. The number of ether oxygens (including phenoxy) is 1. The summed E-state index contributed by atoms with van der Waals surface area (Å²) in [7, 11) is -3.57. The number of nitrogens with two attached hydrogens (primary N) is 1. The van der Waals surface area contributed by atoms with Crippen LogP contribution < -0.4 is 20.9 Å². The van der Waals surface area contributed by atoms with Crippen molar-refractivity contribution in [3.05, 3.63) is 76.0 Å². The lowest BCUT2D eigenvalue weighted by Crippen LogP contribution is -2.49. The Balaban J connectivity index is 1.38. The number of sulfonamides is 1. The Hall–Kier alpha value is -3.51. The highest BCUT2D eigenvalue weighted by molar-refractivity contribution is 7.88. The quantitative estimate of drug-likeness (QED) is 0.370. The van der Waals surface area contributed by atoms with Crippen molar-refractivity contribution in [3.8, 4) is 11.4 Å². The Labute approximate surface area is 232 Å². The van der Waals surface area contributed by atoms with Crippen LogP contribution in [0.3, 0.4) is 0 Å². The van der Waals surface area contributed by atoms with E-state index in [1.165, 1.54) is 22.6 Å². The number of anilines is 2. The molecule has 2 N–H and O–H groups in total. The number of rotatable bonds is 10. The molecule has 40 heavy (non-hydrogen) atoms. The van der Waals surface area contributed by atoms with Gasteiger partial charge < -0.3 is 15.4 Å². The van der Waals surface area contributed by atoms with Gasteiger partial charge in [-0.05, 0) is 67.6 Å². The predicted molar refractivity (Wildman–Crippen MR) is 150 cm³/mol. The van der Waals surface area contributed by atoms with Crippen molar-refractivity contribution in [2.75, 3.05) is 50.1 Å². The van der Waals surface area contributed by atoms with E-state index in [0.29, 0.717) is 42.0 Å². The number of nitrogens with zero attached hydrogens (tertiary/aromatic N) is 4. The van der Waals surface area contributed by atoms with Crippen molar-refractivity contribution in [1.82, 2.24) is 14.1 Å². The third-order valence-corrected chi connectivity index (χ3v) is 9.44. The standard InChI is InChI=1S/C28H33F2N5O4S/c1-20-14-22(30)16-24(15-20)35-27(36)26(39-19-28(6-7-28)8-9-29)25(17-32-35)33-10-12-34(13-11-33)40(37,38)18-21-2-4-23(31)5-3-21/h2-5,14-17H,6-13,18-19,31H2,1H3. The van der Waals surface area contributed by atoms with Crippen molar-refractivity contribution in [3.63, 3.8) is 0 Å². The van der Waals surface area contributed by atoms with Gasteiger partial charge in [0.25, 0.3) is 0 Å². The first kappa shape index (κ1) is 28.0. The van der Waals surface area contributed by atoms with Crippen LogP contribution in [-0.2, 0) is 15.8 Å². The molecule has 214 valence electrons. The Morgan fingerprint density at radius 3 is 2.40 bits per heavy atom. The van der Waals surface area contributed by atoms with Crippen molar-refractivity contribution in [2.45, 2.75) is 31.9 Å². The monoisotopic (exact) mass is 573 g/mol. The topological polar surface area (TPSA) is 111 Å². The van der Waals surface area contributed by atoms with Gasteiger partial charge in [-0.2, -0.15) is 14.1 Å². The fourth-order valence-corrected chi connectivity index (χ4v) is 6.52. The highest BCUT2D eigenvalue weighted by atomic mass is 32.2. The first-order valence-corrected chi connectivity index (χ1v) is 14.9. The van der Waals surface area contributed by atoms with Crippen LogP contribution >= 0.6 is 0 Å². The molecule has 1 saturated heterocycles. The maximum absolute atomic E-state index is 14.1. The minimum atomic E-state index is -3.57. The molecule has 0 bridgehead atoms. The minimum absolute atomic E-state index is 0.0419. The fourth-order valence-electron chi connectivity index (χ4n) is 5.01. The van der Waals surface area contributed by atoms with Gasteiger partial charge in [0.05, 0.1) is 30.9 Å². The number of aryl methyl sites for hydroxylation is 1. The molecule has 2 fully saturated rings. The van der Waals surface area contributed by atoms with Crippen LogP contribution in [0.25, 0.3) is 5.69 Å². The maximum Gasteiger partial charge on any atom is 0.316 e. The van der Waals surface area contributed by atoms with Gasteiger partial charge in [0, 0.05) is 37.3 Å². The summed E-state index contributed by atoms with van der Waals surface area (Å²) in [5, 5.41) is 4.31. The van der Waals surface area contributed by atoms with E-state index in [1.807, 2.05) is 4.90 Å². The fraction of sp³-hybridized carbons (Fsp3) is 0.429. The molecule has 1 saturated carbocycles. The van der Waals surface area contributed by atoms with E-state index in [9.17, 15) is 22.0 Å². The summed E-state index contributed by atoms with van der Waals surface area (Å²) < 4.78 is 62.0. The SMILES string of the molecule is Cc1cc(F)cc(-n2ncc(N3CCN(S(=O)(=O)Cc4ccc(N)cc4)CC3)c(OCC3(CCF)CC3)c2=O)c1. The average molecular weight is 574 g/mol. The lowest BCUT2D eigenvalue weighted by Gasteiger charge is -2.35. The largest absolute Gasteiger partial charge is 0.486 e. The summed E-state index contributed by atoms with van der Waals surface area (Å²) in [4.78, 5) is 15.5. The van der Waals surface area contributed by atoms with Crippen LogP contribution in [0.15, 0.2) is 53.5 Å². The van der Waals surface area contributed by atoms with Crippen molar-refractivity contribution in [2.24, 2.45) is 5.41 Å². The van der Waals surface area contributed by atoms with E-state index in [4.69, 9.17) is 10.5 Å². The number of piperazine rings is 1. The van der Waals surface area contributed by atoms with Gasteiger partial charge in [-0.3, -0.25) is 9.18 Å². The number of benzene rings is 2. The van der Waals surface area contributed by atoms with E-state index >= 15 is 0 Å². The molecule has 3 aromatic rings. The lowest BCUT2D eigenvalue weighted by atomic mass is 10.1. The molecule has 5 rings (SSSR count). The van der Waals surface area contributed by atoms with Crippen LogP contribution in [0.5, 0.6) is 5.75 Å². The zero-order valence-corrected chi connectivity index (χ0v) is 23.2. The third-order valence-electron chi connectivity index (χ3n) is 7.59. The maximum atomic E-state index is 14.1. The smallest absolute Gasteiger partial charge is 0.316 e. The summed E-state index contributed by atoms with van der Waals surface area (Å²) in [6.45, 7) is 2.50. The van der Waals surface area contributed by atoms with E-state index in [1.54, 1.807) is 37.3 Å². The molecule has 2 aliphatic rings. The molecular weight excluding hydrogens is 540 g/mol. The molecule has 12 heteroatoms. The van der Waals surface area contributed by atoms with E-state index < -0.39 is 28.1 Å². The summed E-state index contributed by atoms with van der Waals surface area (Å²) in [5.74, 6) is -0.588. The van der Waals surface area contributed by atoms with Gasteiger partial charge in [0.15, 0.2) is 0 Å². The first-order chi connectivity index (χ1) is 19.1. The predicted octanol–water partition coefficient (Wildman–Crippen LogP) is 3.43. The molecular formula is C28H33F2N5O4S. The van der Waals surface area contributed by atoms with Gasteiger partial charge in [-0.15, -0.1) is 0 Å². The molecule has 2 heterocycles. The summed E-state index contributed by atoms with van der Waals surface area (Å²) in [6.07, 6.45) is 3.48. The van der Waals surface area contributed by atoms with E-state index in [-0.39, 0.29) is 42.3 Å². The number of hydrogen-bond acceptors (Lipinski definition) is 7. The van der Waals surface area contributed by atoms with Crippen LogP contribution in [-0.4, -0.2) is 62.0 Å². The molecule has 9 nitrogen and oxygen atoms in total. The van der Waals surface area contributed by atoms with Crippen LogP contribution in [0.4, 0.5) is 20.2 Å². The van der Waals surface area contributed by atoms with Gasteiger partial charge in [-0.1, -0.05) is 12.1 Å². The molecule has 0 atom stereocenters. The zero-order valence-electron chi connectivity index (χ0n) is 22.4. The number of alkyl halides is 1. The Morgan fingerprint density at radius 2 is 1.77 bits per heavy atom. The van der Waals surface area contributed by atoms with Crippen molar-refractivity contribution in [1.29, 1.82) is 0 Å². The second-order valence-electron chi connectivity index (χ2n) is 10.7. The van der Waals surface area contributed by atoms with Crippen LogP contribution in [0.1, 0.15) is 30.4 Å².